The second kappa shape index (κ2) is 7.79. The molecule has 1 aromatic heterocycles. The van der Waals surface area contributed by atoms with Crippen LogP contribution in [0.5, 0.6) is 0 Å². The number of ether oxygens (including phenoxy) is 2. The van der Waals surface area contributed by atoms with Gasteiger partial charge in [0.25, 0.3) is 0 Å². The molecule has 1 heterocycles. The SMILES string of the molecule is CCOC(=O)c1c(NC(=O)C2CC2)sc(C(=O)OCC(C)C)c1C. The van der Waals surface area contributed by atoms with E-state index in [0.29, 0.717) is 22.0 Å². The number of carbonyl (C=O) groups is 3. The maximum Gasteiger partial charge on any atom is 0.348 e. The lowest BCUT2D eigenvalue weighted by atomic mass is 10.1. The number of carbonyl (C=O) groups excluding carboxylic acids is 3. The van der Waals surface area contributed by atoms with Crippen molar-refractivity contribution in [3.8, 4) is 0 Å². The minimum Gasteiger partial charge on any atom is -0.462 e. The Labute approximate surface area is 145 Å². The predicted octanol–water partition coefficient (Wildman–Crippen LogP) is 3.39. The Morgan fingerprint density at radius 2 is 1.88 bits per heavy atom. The van der Waals surface area contributed by atoms with Gasteiger partial charge in [-0.3, -0.25) is 4.79 Å². The van der Waals surface area contributed by atoms with Crippen molar-refractivity contribution >= 4 is 34.2 Å². The van der Waals surface area contributed by atoms with Crippen LogP contribution >= 0.6 is 11.3 Å². The van der Waals surface area contributed by atoms with Gasteiger partial charge in [0, 0.05) is 5.92 Å². The largest absolute Gasteiger partial charge is 0.462 e. The molecule has 0 atom stereocenters. The summed E-state index contributed by atoms with van der Waals surface area (Å²) < 4.78 is 10.3. The van der Waals surface area contributed by atoms with Crippen molar-refractivity contribution in [3.63, 3.8) is 0 Å². The summed E-state index contributed by atoms with van der Waals surface area (Å²) in [5, 5.41) is 3.12. The standard InChI is InChI=1S/C17H23NO5S/c1-5-22-16(20)12-10(4)13(17(21)23-8-9(2)3)24-15(12)18-14(19)11-6-7-11/h9,11H,5-8H2,1-4H3,(H,18,19). The Morgan fingerprint density at radius 1 is 1.21 bits per heavy atom. The fraction of sp³-hybridized carbons (Fsp3) is 0.588. The van der Waals surface area contributed by atoms with E-state index in [0.717, 1.165) is 24.2 Å². The van der Waals surface area contributed by atoms with E-state index in [-0.39, 0.29) is 29.9 Å². The minimum atomic E-state index is -0.541. The highest BCUT2D eigenvalue weighted by Gasteiger charge is 2.33. The third-order valence-corrected chi connectivity index (χ3v) is 4.73. The van der Waals surface area contributed by atoms with Crippen molar-refractivity contribution in [2.24, 2.45) is 11.8 Å². The zero-order valence-corrected chi connectivity index (χ0v) is 15.2. The first-order chi connectivity index (χ1) is 11.3. The number of esters is 2. The maximum absolute atomic E-state index is 12.3. The highest BCUT2D eigenvalue weighted by molar-refractivity contribution is 7.18. The Hall–Kier alpha value is -1.89. The van der Waals surface area contributed by atoms with Crippen LogP contribution in [0.2, 0.25) is 0 Å². The summed E-state index contributed by atoms with van der Waals surface area (Å²) in [5.41, 5.74) is 0.727. The molecule has 24 heavy (non-hydrogen) atoms. The van der Waals surface area contributed by atoms with Crippen LogP contribution in [0, 0.1) is 18.8 Å². The van der Waals surface area contributed by atoms with Gasteiger partial charge in [0.15, 0.2) is 0 Å². The average Bonchev–Trinajstić information content (AvgIpc) is 3.30. The number of nitrogens with one attached hydrogen (secondary N) is 1. The number of thiophene rings is 1. The molecule has 0 aromatic carbocycles. The molecule has 0 spiro atoms. The first-order valence-corrected chi connectivity index (χ1v) is 8.95. The Bertz CT molecular complexity index is 646. The summed E-state index contributed by atoms with van der Waals surface area (Å²) in [4.78, 5) is 36.9. The molecule has 1 aromatic rings. The van der Waals surface area contributed by atoms with E-state index in [1.54, 1.807) is 13.8 Å². The first-order valence-electron chi connectivity index (χ1n) is 8.13. The molecule has 7 heteroatoms. The maximum atomic E-state index is 12.3. The third kappa shape index (κ3) is 4.35. The monoisotopic (exact) mass is 353 g/mol. The van der Waals surface area contributed by atoms with Crippen LogP contribution in [-0.2, 0) is 14.3 Å². The molecular formula is C17H23NO5S. The molecule has 1 aliphatic rings. The molecule has 1 N–H and O–H groups in total. The van der Waals surface area contributed by atoms with Gasteiger partial charge in [-0.1, -0.05) is 13.8 Å². The summed E-state index contributed by atoms with van der Waals surface area (Å²) in [7, 11) is 0. The summed E-state index contributed by atoms with van der Waals surface area (Å²) in [6, 6.07) is 0. The molecule has 0 saturated heterocycles. The third-order valence-electron chi connectivity index (χ3n) is 3.54. The van der Waals surface area contributed by atoms with Crippen molar-refractivity contribution in [3.05, 3.63) is 16.0 Å². The van der Waals surface area contributed by atoms with E-state index >= 15 is 0 Å². The normalized spacial score (nSPS) is 13.7. The van der Waals surface area contributed by atoms with Gasteiger partial charge < -0.3 is 14.8 Å². The number of hydrogen-bond donors (Lipinski definition) is 1. The van der Waals surface area contributed by atoms with Crippen LogP contribution < -0.4 is 5.32 Å². The summed E-state index contributed by atoms with van der Waals surface area (Å²) in [6.07, 6.45) is 1.71. The van der Waals surface area contributed by atoms with Crippen molar-refractivity contribution in [2.45, 2.75) is 40.5 Å². The summed E-state index contributed by atoms with van der Waals surface area (Å²) in [6.45, 7) is 7.78. The number of rotatable bonds is 7. The van der Waals surface area contributed by atoms with E-state index in [1.807, 2.05) is 13.8 Å². The van der Waals surface area contributed by atoms with Crippen LogP contribution in [0.1, 0.15) is 59.2 Å². The average molecular weight is 353 g/mol. The zero-order valence-electron chi connectivity index (χ0n) is 14.4. The molecule has 0 unspecified atom stereocenters. The van der Waals surface area contributed by atoms with Crippen LogP contribution in [0.3, 0.4) is 0 Å². The number of anilines is 1. The molecule has 132 valence electrons. The number of hydrogen-bond acceptors (Lipinski definition) is 6. The van der Waals surface area contributed by atoms with Gasteiger partial charge in [-0.15, -0.1) is 11.3 Å². The fourth-order valence-electron chi connectivity index (χ4n) is 2.11. The molecule has 6 nitrogen and oxygen atoms in total. The summed E-state index contributed by atoms with van der Waals surface area (Å²) >= 11 is 1.07. The van der Waals surface area contributed by atoms with Crippen LogP contribution in [0.25, 0.3) is 0 Å². The van der Waals surface area contributed by atoms with E-state index in [2.05, 4.69) is 5.32 Å². The van der Waals surface area contributed by atoms with E-state index in [4.69, 9.17) is 9.47 Å². The van der Waals surface area contributed by atoms with Crippen molar-refractivity contribution in [1.82, 2.24) is 0 Å². The van der Waals surface area contributed by atoms with Gasteiger partial charge in [0.1, 0.15) is 9.88 Å². The first kappa shape index (κ1) is 18.4. The zero-order chi connectivity index (χ0) is 17.9. The molecule has 1 saturated carbocycles. The molecule has 0 aliphatic heterocycles. The highest BCUT2D eigenvalue weighted by Crippen LogP contribution is 2.37. The van der Waals surface area contributed by atoms with Crippen LogP contribution in [0.4, 0.5) is 5.00 Å². The molecule has 1 fully saturated rings. The molecule has 1 amide bonds. The van der Waals surface area contributed by atoms with Gasteiger partial charge in [0.2, 0.25) is 5.91 Å². The van der Waals surface area contributed by atoms with Crippen LogP contribution in [0.15, 0.2) is 0 Å². The Balaban J connectivity index is 2.29. The van der Waals surface area contributed by atoms with Gasteiger partial charge in [-0.05, 0) is 38.2 Å². The second-order valence-corrected chi connectivity index (χ2v) is 7.26. The number of amides is 1. The van der Waals surface area contributed by atoms with Gasteiger partial charge >= 0.3 is 11.9 Å². The highest BCUT2D eigenvalue weighted by atomic mass is 32.1. The van der Waals surface area contributed by atoms with Crippen molar-refractivity contribution < 1.29 is 23.9 Å². The fourth-order valence-corrected chi connectivity index (χ4v) is 3.20. The van der Waals surface area contributed by atoms with Gasteiger partial charge in [-0.25, -0.2) is 9.59 Å². The smallest absolute Gasteiger partial charge is 0.348 e. The Morgan fingerprint density at radius 3 is 2.42 bits per heavy atom. The quantitative estimate of drug-likeness (QED) is 0.760. The van der Waals surface area contributed by atoms with E-state index < -0.39 is 11.9 Å². The predicted molar refractivity (Wildman–Crippen MR) is 91.5 cm³/mol. The lowest BCUT2D eigenvalue weighted by Gasteiger charge is -2.07. The van der Waals surface area contributed by atoms with Crippen molar-refractivity contribution in [1.29, 1.82) is 0 Å². The van der Waals surface area contributed by atoms with Gasteiger partial charge in [0.05, 0.1) is 18.8 Å². The topological polar surface area (TPSA) is 81.7 Å². The molecule has 0 radical (unpaired) electrons. The molecule has 0 bridgehead atoms. The molecular weight excluding hydrogens is 330 g/mol. The van der Waals surface area contributed by atoms with Crippen molar-refractivity contribution in [2.75, 3.05) is 18.5 Å². The molecule has 2 rings (SSSR count). The lowest BCUT2D eigenvalue weighted by molar-refractivity contribution is -0.117. The lowest BCUT2D eigenvalue weighted by Crippen LogP contribution is -2.16. The van der Waals surface area contributed by atoms with E-state index in [1.165, 1.54) is 0 Å². The minimum absolute atomic E-state index is 0.00112. The van der Waals surface area contributed by atoms with E-state index in [9.17, 15) is 14.4 Å². The molecule has 1 aliphatic carbocycles. The Kier molecular flexibility index (Phi) is 5.99. The van der Waals surface area contributed by atoms with Crippen LogP contribution in [-0.4, -0.2) is 31.1 Å². The summed E-state index contributed by atoms with van der Waals surface area (Å²) in [5.74, 6) is -0.931. The second-order valence-electron chi connectivity index (χ2n) is 6.24. The van der Waals surface area contributed by atoms with Gasteiger partial charge in [-0.2, -0.15) is 0 Å².